The molecule has 0 unspecified atom stereocenters. The lowest BCUT2D eigenvalue weighted by Crippen LogP contribution is -2.18. The Morgan fingerprint density at radius 2 is 1.95 bits per heavy atom. The summed E-state index contributed by atoms with van der Waals surface area (Å²) in [5, 5.41) is 7.24. The van der Waals surface area contributed by atoms with Gasteiger partial charge in [0, 0.05) is 18.2 Å². The Bertz CT molecular complexity index is 553. The maximum absolute atomic E-state index is 12.1. The number of benzene rings is 1. The zero-order valence-electron chi connectivity index (χ0n) is 12.0. The van der Waals surface area contributed by atoms with Gasteiger partial charge in [0.1, 0.15) is 5.75 Å². The molecule has 2 aromatic rings. The molecule has 0 aliphatic carbocycles. The first kappa shape index (κ1) is 15.4. The lowest BCUT2D eigenvalue weighted by molar-refractivity contribution is -0.0498. The fraction of sp³-hybridized carbons (Fsp3) is 0.400. The van der Waals surface area contributed by atoms with Crippen molar-refractivity contribution in [1.29, 1.82) is 0 Å². The molecule has 6 heteroatoms. The number of nitrogens with one attached hydrogen (secondary N) is 1. The second-order valence-electron chi connectivity index (χ2n) is 5.11. The zero-order valence-corrected chi connectivity index (χ0v) is 12.0. The molecule has 1 heterocycles. The highest BCUT2D eigenvalue weighted by Crippen LogP contribution is 2.24. The summed E-state index contributed by atoms with van der Waals surface area (Å²) >= 11 is 0. The van der Waals surface area contributed by atoms with Gasteiger partial charge in [-0.25, -0.2) is 0 Å². The average molecular weight is 296 g/mol. The zero-order chi connectivity index (χ0) is 15.2. The van der Waals surface area contributed by atoms with Gasteiger partial charge in [-0.2, -0.15) is 8.78 Å². The molecule has 0 saturated heterocycles. The first-order valence-electron chi connectivity index (χ1n) is 6.76. The van der Waals surface area contributed by atoms with E-state index < -0.39 is 6.61 Å². The topological polar surface area (TPSA) is 47.3 Å². The Morgan fingerprint density at radius 3 is 2.57 bits per heavy atom. The van der Waals surface area contributed by atoms with Crippen molar-refractivity contribution in [3.8, 4) is 17.1 Å². The monoisotopic (exact) mass is 296 g/mol. The van der Waals surface area contributed by atoms with E-state index in [1.54, 1.807) is 12.1 Å². The second kappa shape index (κ2) is 7.17. The number of alkyl halides is 2. The minimum absolute atomic E-state index is 0.118. The molecule has 4 nitrogen and oxygen atoms in total. The molecular formula is C15H18F2N2O2. The van der Waals surface area contributed by atoms with E-state index >= 15 is 0 Å². The standard InChI is InChI=1S/C15H18F2N2O2/c1-10(2)8-18-9-12-7-14(21-19-12)11-3-5-13(6-4-11)20-15(16)17/h3-7,10,15,18H,8-9H2,1-2H3. The number of rotatable bonds is 7. The number of halogens is 2. The number of aromatic nitrogens is 1. The molecule has 114 valence electrons. The van der Waals surface area contributed by atoms with E-state index in [2.05, 4.69) is 29.1 Å². The van der Waals surface area contributed by atoms with Crippen LogP contribution in [0.4, 0.5) is 8.78 Å². The third-order valence-corrected chi connectivity index (χ3v) is 2.78. The van der Waals surface area contributed by atoms with Crippen LogP contribution < -0.4 is 10.1 Å². The normalized spacial score (nSPS) is 11.3. The molecular weight excluding hydrogens is 278 g/mol. The molecule has 1 N–H and O–H groups in total. The fourth-order valence-electron chi connectivity index (χ4n) is 1.82. The first-order chi connectivity index (χ1) is 10.0. The summed E-state index contributed by atoms with van der Waals surface area (Å²) in [7, 11) is 0. The fourth-order valence-corrected chi connectivity index (χ4v) is 1.82. The van der Waals surface area contributed by atoms with Gasteiger partial charge in [-0.05, 0) is 36.7 Å². The van der Waals surface area contributed by atoms with Crippen LogP contribution in [0.2, 0.25) is 0 Å². The summed E-state index contributed by atoms with van der Waals surface area (Å²) in [5.41, 5.74) is 1.57. The molecule has 0 aliphatic rings. The number of ether oxygens (including phenoxy) is 1. The summed E-state index contributed by atoms with van der Waals surface area (Å²) in [6.07, 6.45) is 0. The van der Waals surface area contributed by atoms with Crippen molar-refractivity contribution in [1.82, 2.24) is 10.5 Å². The first-order valence-corrected chi connectivity index (χ1v) is 6.76. The molecule has 1 aromatic carbocycles. The van der Waals surface area contributed by atoms with Gasteiger partial charge in [0.2, 0.25) is 0 Å². The molecule has 0 aliphatic heterocycles. The molecule has 1 aromatic heterocycles. The maximum Gasteiger partial charge on any atom is 0.387 e. The summed E-state index contributed by atoms with van der Waals surface area (Å²) in [4.78, 5) is 0. The van der Waals surface area contributed by atoms with Gasteiger partial charge in [-0.15, -0.1) is 0 Å². The van der Waals surface area contributed by atoms with Crippen LogP contribution >= 0.6 is 0 Å². The van der Waals surface area contributed by atoms with Gasteiger partial charge in [-0.3, -0.25) is 0 Å². The Labute approximate surface area is 122 Å². The molecule has 0 bridgehead atoms. The van der Waals surface area contributed by atoms with Crippen molar-refractivity contribution < 1.29 is 18.0 Å². The lowest BCUT2D eigenvalue weighted by atomic mass is 10.1. The van der Waals surface area contributed by atoms with Crippen molar-refractivity contribution in [2.45, 2.75) is 27.0 Å². The van der Waals surface area contributed by atoms with Crippen molar-refractivity contribution in [2.24, 2.45) is 5.92 Å². The highest BCUT2D eigenvalue weighted by Gasteiger charge is 2.08. The predicted molar refractivity (Wildman–Crippen MR) is 75.1 cm³/mol. The van der Waals surface area contributed by atoms with E-state index in [9.17, 15) is 8.78 Å². The van der Waals surface area contributed by atoms with Gasteiger partial charge < -0.3 is 14.6 Å². The Morgan fingerprint density at radius 1 is 1.24 bits per heavy atom. The second-order valence-corrected chi connectivity index (χ2v) is 5.11. The third kappa shape index (κ3) is 4.82. The highest BCUT2D eigenvalue weighted by molar-refractivity contribution is 5.58. The van der Waals surface area contributed by atoms with Crippen LogP contribution in [-0.4, -0.2) is 18.3 Å². The van der Waals surface area contributed by atoms with Crippen LogP contribution in [0.15, 0.2) is 34.9 Å². The molecule has 0 atom stereocenters. The predicted octanol–water partition coefficient (Wildman–Crippen LogP) is 3.69. The molecule has 0 radical (unpaired) electrons. The molecule has 0 spiro atoms. The van der Waals surface area contributed by atoms with Crippen LogP contribution in [-0.2, 0) is 6.54 Å². The van der Waals surface area contributed by atoms with Crippen LogP contribution in [0, 0.1) is 5.92 Å². The van der Waals surface area contributed by atoms with Gasteiger partial charge in [0.25, 0.3) is 0 Å². The quantitative estimate of drug-likeness (QED) is 0.846. The highest BCUT2D eigenvalue weighted by atomic mass is 19.3. The van der Waals surface area contributed by atoms with E-state index in [0.29, 0.717) is 18.2 Å². The third-order valence-electron chi connectivity index (χ3n) is 2.78. The van der Waals surface area contributed by atoms with Crippen molar-refractivity contribution in [3.63, 3.8) is 0 Å². The van der Waals surface area contributed by atoms with Gasteiger partial charge in [0.05, 0.1) is 5.69 Å². The van der Waals surface area contributed by atoms with E-state index in [4.69, 9.17) is 4.52 Å². The number of hydrogen-bond acceptors (Lipinski definition) is 4. The molecule has 0 amide bonds. The molecule has 0 fully saturated rings. The number of nitrogens with zero attached hydrogens (tertiary/aromatic N) is 1. The largest absolute Gasteiger partial charge is 0.435 e. The molecule has 0 saturated carbocycles. The van der Waals surface area contributed by atoms with Crippen LogP contribution in [0.1, 0.15) is 19.5 Å². The Kier molecular flexibility index (Phi) is 5.27. The Balaban J connectivity index is 1.97. The van der Waals surface area contributed by atoms with Gasteiger partial charge >= 0.3 is 6.61 Å². The van der Waals surface area contributed by atoms with Gasteiger partial charge in [-0.1, -0.05) is 19.0 Å². The molecule has 2 rings (SSSR count). The summed E-state index contributed by atoms with van der Waals surface area (Å²) < 4.78 is 33.7. The minimum atomic E-state index is -2.82. The summed E-state index contributed by atoms with van der Waals surface area (Å²) in [5.74, 6) is 1.28. The molecule has 21 heavy (non-hydrogen) atoms. The number of hydrogen-bond donors (Lipinski definition) is 1. The van der Waals surface area contributed by atoms with E-state index in [1.807, 2.05) is 6.07 Å². The average Bonchev–Trinajstić information content (AvgIpc) is 2.87. The lowest BCUT2D eigenvalue weighted by Gasteiger charge is -2.04. The van der Waals surface area contributed by atoms with Crippen molar-refractivity contribution in [2.75, 3.05) is 6.54 Å². The van der Waals surface area contributed by atoms with Crippen LogP contribution in [0.5, 0.6) is 5.75 Å². The van der Waals surface area contributed by atoms with Gasteiger partial charge in [0.15, 0.2) is 5.76 Å². The van der Waals surface area contributed by atoms with Crippen LogP contribution in [0.3, 0.4) is 0 Å². The Hall–Kier alpha value is -1.95. The van der Waals surface area contributed by atoms with E-state index in [0.717, 1.165) is 17.8 Å². The van der Waals surface area contributed by atoms with Crippen molar-refractivity contribution >= 4 is 0 Å². The van der Waals surface area contributed by atoms with Crippen molar-refractivity contribution in [3.05, 3.63) is 36.0 Å². The van der Waals surface area contributed by atoms with Crippen LogP contribution in [0.25, 0.3) is 11.3 Å². The summed E-state index contributed by atoms with van der Waals surface area (Å²) in [6, 6.07) is 8.09. The SMILES string of the molecule is CC(C)CNCc1cc(-c2ccc(OC(F)F)cc2)on1. The summed E-state index contributed by atoms with van der Waals surface area (Å²) in [6.45, 7) is 2.98. The smallest absolute Gasteiger partial charge is 0.387 e. The van der Waals surface area contributed by atoms with E-state index in [1.165, 1.54) is 12.1 Å². The minimum Gasteiger partial charge on any atom is -0.435 e. The maximum atomic E-state index is 12.1. The van der Waals surface area contributed by atoms with E-state index in [-0.39, 0.29) is 5.75 Å².